The highest BCUT2D eigenvalue weighted by Crippen LogP contribution is 2.32. The van der Waals surface area contributed by atoms with Crippen LogP contribution in [-0.2, 0) is 4.74 Å². The first kappa shape index (κ1) is 12.0. The van der Waals surface area contributed by atoms with Crippen LogP contribution in [0.25, 0.3) is 0 Å². The van der Waals surface area contributed by atoms with Crippen LogP contribution in [0.15, 0.2) is 0 Å². The van der Waals surface area contributed by atoms with E-state index >= 15 is 0 Å². The van der Waals surface area contributed by atoms with E-state index in [1.807, 2.05) is 0 Å². The number of nitrogens with one attached hydrogen (secondary N) is 1. The molecule has 0 amide bonds. The molecule has 14 heavy (non-hydrogen) atoms. The van der Waals surface area contributed by atoms with Gasteiger partial charge in [-0.1, -0.05) is 13.3 Å². The lowest BCUT2D eigenvalue weighted by molar-refractivity contribution is 0.0483. The van der Waals surface area contributed by atoms with Gasteiger partial charge in [-0.3, -0.25) is 11.3 Å². The minimum Gasteiger partial charge on any atom is -0.377 e. The molecule has 3 nitrogen and oxygen atoms in total. The van der Waals surface area contributed by atoms with Crippen LogP contribution in [-0.4, -0.2) is 18.8 Å². The molecule has 0 heterocycles. The fraction of sp³-hybridized carbons (Fsp3) is 1.00. The van der Waals surface area contributed by atoms with E-state index in [2.05, 4.69) is 26.2 Å². The van der Waals surface area contributed by atoms with Crippen molar-refractivity contribution in [1.82, 2.24) is 5.43 Å². The van der Waals surface area contributed by atoms with E-state index in [0.717, 1.165) is 12.5 Å². The summed E-state index contributed by atoms with van der Waals surface area (Å²) >= 11 is 0. The maximum Gasteiger partial charge on any atom is 0.0639 e. The molecule has 0 aliphatic heterocycles. The van der Waals surface area contributed by atoms with Crippen LogP contribution in [0.4, 0.5) is 0 Å². The van der Waals surface area contributed by atoms with E-state index in [1.54, 1.807) is 0 Å². The van der Waals surface area contributed by atoms with E-state index in [-0.39, 0.29) is 0 Å². The van der Waals surface area contributed by atoms with Crippen molar-refractivity contribution in [2.75, 3.05) is 6.61 Å². The van der Waals surface area contributed by atoms with Crippen LogP contribution in [0, 0.1) is 11.8 Å². The molecule has 3 atom stereocenters. The Kier molecular flexibility index (Phi) is 4.85. The van der Waals surface area contributed by atoms with Crippen LogP contribution < -0.4 is 11.3 Å². The van der Waals surface area contributed by atoms with Gasteiger partial charge in [0.2, 0.25) is 0 Å². The van der Waals surface area contributed by atoms with Crippen molar-refractivity contribution >= 4 is 0 Å². The van der Waals surface area contributed by atoms with Crippen molar-refractivity contribution in [1.29, 1.82) is 0 Å². The zero-order valence-electron chi connectivity index (χ0n) is 9.62. The largest absolute Gasteiger partial charge is 0.377 e. The lowest BCUT2D eigenvalue weighted by atomic mass is 9.98. The lowest BCUT2D eigenvalue weighted by Crippen LogP contribution is -2.44. The SMILES string of the molecule is CC1CCC(C(COC(C)C)NN)C1. The summed E-state index contributed by atoms with van der Waals surface area (Å²) in [4.78, 5) is 0. The highest BCUT2D eigenvalue weighted by Gasteiger charge is 2.28. The van der Waals surface area contributed by atoms with Crippen molar-refractivity contribution in [3.63, 3.8) is 0 Å². The van der Waals surface area contributed by atoms with Gasteiger partial charge in [0.25, 0.3) is 0 Å². The number of ether oxygens (including phenoxy) is 1. The highest BCUT2D eigenvalue weighted by molar-refractivity contribution is 4.82. The topological polar surface area (TPSA) is 47.3 Å². The van der Waals surface area contributed by atoms with Gasteiger partial charge in [0.05, 0.1) is 12.7 Å². The Morgan fingerprint density at radius 3 is 2.57 bits per heavy atom. The average Bonchev–Trinajstić information content (AvgIpc) is 2.53. The van der Waals surface area contributed by atoms with Crippen LogP contribution >= 0.6 is 0 Å². The molecule has 1 aliphatic rings. The van der Waals surface area contributed by atoms with E-state index in [4.69, 9.17) is 10.6 Å². The van der Waals surface area contributed by atoms with Crippen molar-refractivity contribution in [3.8, 4) is 0 Å². The first-order chi connectivity index (χ1) is 6.63. The van der Waals surface area contributed by atoms with Crippen LogP contribution in [0.1, 0.15) is 40.0 Å². The van der Waals surface area contributed by atoms with Gasteiger partial charge in [0.1, 0.15) is 0 Å². The molecule has 3 N–H and O–H groups in total. The molecule has 1 rings (SSSR count). The molecule has 0 aromatic rings. The van der Waals surface area contributed by atoms with Gasteiger partial charge in [-0.25, -0.2) is 0 Å². The molecule has 0 aromatic carbocycles. The van der Waals surface area contributed by atoms with Gasteiger partial charge < -0.3 is 4.74 Å². The Morgan fingerprint density at radius 2 is 2.14 bits per heavy atom. The summed E-state index contributed by atoms with van der Waals surface area (Å²) < 4.78 is 5.60. The highest BCUT2D eigenvalue weighted by atomic mass is 16.5. The smallest absolute Gasteiger partial charge is 0.0639 e. The summed E-state index contributed by atoms with van der Waals surface area (Å²) in [6.45, 7) is 7.18. The molecule has 0 bridgehead atoms. The van der Waals surface area contributed by atoms with E-state index in [1.165, 1.54) is 19.3 Å². The molecule has 0 aromatic heterocycles. The molecule has 3 heteroatoms. The third kappa shape index (κ3) is 3.56. The molecule has 1 saturated carbocycles. The molecule has 0 saturated heterocycles. The van der Waals surface area contributed by atoms with Gasteiger partial charge in [0, 0.05) is 6.04 Å². The van der Waals surface area contributed by atoms with Gasteiger partial charge >= 0.3 is 0 Å². The molecule has 1 fully saturated rings. The quantitative estimate of drug-likeness (QED) is 0.524. The fourth-order valence-corrected chi connectivity index (χ4v) is 2.23. The maximum absolute atomic E-state index is 5.60. The van der Waals surface area contributed by atoms with E-state index < -0.39 is 0 Å². The average molecular weight is 200 g/mol. The summed E-state index contributed by atoms with van der Waals surface area (Å²) in [6.07, 6.45) is 4.21. The molecule has 0 spiro atoms. The van der Waals surface area contributed by atoms with Gasteiger partial charge in [-0.05, 0) is 38.5 Å². The monoisotopic (exact) mass is 200 g/mol. The Bertz CT molecular complexity index is 161. The molecule has 1 aliphatic carbocycles. The summed E-state index contributed by atoms with van der Waals surface area (Å²) in [7, 11) is 0. The molecular formula is C11H24N2O. The minimum absolute atomic E-state index is 0.296. The Morgan fingerprint density at radius 1 is 1.43 bits per heavy atom. The predicted molar refractivity (Wildman–Crippen MR) is 58.7 cm³/mol. The molecular weight excluding hydrogens is 176 g/mol. The number of hydrogen-bond acceptors (Lipinski definition) is 3. The van der Waals surface area contributed by atoms with Crippen molar-refractivity contribution in [2.24, 2.45) is 17.7 Å². The van der Waals surface area contributed by atoms with E-state index in [9.17, 15) is 0 Å². The van der Waals surface area contributed by atoms with Gasteiger partial charge in [-0.2, -0.15) is 0 Å². The summed E-state index contributed by atoms with van der Waals surface area (Å²) in [5.74, 6) is 7.11. The second-order valence-electron chi connectivity index (χ2n) is 4.83. The number of nitrogens with two attached hydrogens (primary N) is 1. The van der Waals surface area contributed by atoms with Crippen LogP contribution in [0.5, 0.6) is 0 Å². The molecule has 84 valence electrons. The summed E-state index contributed by atoms with van der Waals surface area (Å²) in [5, 5.41) is 0. The minimum atomic E-state index is 0.296. The Labute approximate surface area is 87.4 Å². The third-order valence-corrected chi connectivity index (χ3v) is 3.13. The summed E-state index contributed by atoms with van der Waals surface area (Å²) in [6, 6.07) is 0.336. The maximum atomic E-state index is 5.60. The number of hydrogen-bond donors (Lipinski definition) is 2. The predicted octanol–water partition coefficient (Wildman–Crippen LogP) is 1.68. The number of rotatable bonds is 5. The normalized spacial score (nSPS) is 29.8. The molecule has 0 radical (unpaired) electrons. The first-order valence-electron chi connectivity index (χ1n) is 5.71. The lowest BCUT2D eigenvalue weighted by Gasteiger charge is -2.23. The Balaban J connectivity index is 2.30. The second kappa shape index (κ2) is 5.69. The standard InChI is InChI=1S/C11H24N2O/c1-8(2)14-7-11(13-12)10-5-4-9(3)6-10/h8-11,13H,4-7,12H2,1-3H3. The molecule has 3 unspecified atom stereocenters. The third-order valence-electron chi connectivity index (χ3n) is 3.13. The van der Waals surface area contributed by atoms with Crippen LogP contribution in [0.2, 0.25) is 0 Å². The number of hydrazine groups is 1. The van der Waals surface area contributed by atoms with Crippen LogP contribution in [0.3, 0.4) is 0 Å². The zero-order chi connectivity index (χ0) is 10.6. The van der Waals surface area contributed by atoms with Crippen molar-refractivity contribution in [3.05, 3.63) is 0 Å². The second-order valence-corrected chi connectivity index (χ2v) is 4.83. The van der Waals surface area contributed by atoms with Crippen molar-refractivity contribution in [2.45, 2.75) is 52.2 Å². The van der Waals surface area contributed by atoms with Crippen molar-refractivity contribution < 1.29 is 4.74 Å². The van der Waals surface area contributed by atoms with E-state index in [0.29, 0.717) is 18.1 Å². The Hall–Kier alpha value is -0.120. The fourth-order valence-electron chi connectivity index (χ4n) is 2.23. The summed E-state index contributed by atoms with van der Waals surface area (Å²) in [5.41, 5.74) is 2.89. The zero-order valence-corrected chi connectivity index (χ0v) is 9.62. The van der Waals surface area contributed by atoms with Gasteiger partial charge in [0.15, 0.2) is 0 Å². The first-order valence-corrected chi connectivity index (χ1v) is 5.71. The van der Waals surface area contributed by atoms with Gasteiger partial charge in [-0.15, -0.1) is 0 Å².